The van der Waals surface area contributed by atoms with Crippen LogP contribution in [-0.2, 0) is 33.2 Å². The van der Waals surface area contributed by atoms with Crippen LogP contribution in [0, 0.1) is 0 Å². The SMILES string of the molecule is CCCCCCCCCCCCOC(C)COC[C@H]1O[C@@H](O)[C@H](OCC(C)OCCCCCCCCCCCC)[C@@H](OCC(C)OCCCCCCCCCCCC)[C@@H]1O. The molecule has 0 bridgehead atoms. The number of unbranched alkanes of at least 4 members (excludes halogenated alkanes) is 27. The van der Waals surface area contributed by atoms with Crippen LogP contribution in [0.25, 0.3) is 0 Å². The van der Waals surface area contributed by atoms with Gasteiger partial charge in [0.2, 0.25) is 0 Å². The zero-order valence-corrected chi connectivity index (χ0v) is 40.5. The van der Waals surface area contributed by atoms with E-state index < -0.39 is 30.7 Å². The van der Waals surface area contributed by atoms with Crippen LogP contribution in [0.3, 0.4) is 0 Å². The Morgan fingerprint density at radius 2 is 0.700 bits per heavy atom. The van der Waals surface area contributed by atoms with Crippen LogP contribution in [0.2, 0.25) is 0 Å². The van der Waals surface area contributed by atoms with Gasteiger partial charge in [0, 0.05) is 19.8 Å². The molecular weight excluding hydrogens is 757 g/mol. The van der Waals surface area contributed by atoms with E-state index in [1.807, 2.05) is 20.8 Å². The van der Waals surface area contributed by atoms with Gasteiger partial charge in [0.15, 0.2) is 6.29 Å². The topological polar surface area (TPSA) is 105 Å². The second-order valence-electron chi connectivity index (χ2n) is 18.3. The molecule has 0 spiro atoms. The van der Waals surface area contributed by atoms with Gasteiger partial charge < -0.3 is 43.4 Å². The Morgan fingerprint density at radius 3 is 1.05 bits per heavy atom. The third-order valence-corrected chi connectivity index (χ3v) is 12.0. The molecule has 9 nitrogen and oxygen atoms in total. The molecule has 2 N–H and O–H groups in total. The first-order valence-electron chi connectivity index (χ1n) is 26.0. The quantitative estimate of drug-likeness (QED) is 0.0579. The first kappa shape index (κ1) is 57.7. The standard InChI is InChI=1S/C51H102O9/c1-7-10-13-16-19-22-25-28-31-34-37-55-44(4)40-54-43-47-48(52)49(58-41-45(5)56-38-35-32-29-26-23-20-17-14-11-8-2)50(51(53)60-47)59-42-46(6)57-39-36-33-30-27-24-21-18-15-12-9-3/h44-53H,7-43H2,1-6H3/t44?,45?,46?,47-,48-,49+,50-,51-/m1/s1. The van der Waals surface area contributed by atoms with Gasteiger partial charge in [0.1, 0.15) is 24.4 Å². The Morgan fingerprint density at radius 1 is 0.400 bits per heavy atom. The van der Waals surface area contributed by atoms with Crippen molar-refractivity contribution >= 4 is 0 Å². The fourth-order valence-corrected chi connectivity index (χ4v) is 8.02. The largest absolute Gasteiger partial charge is 0.387 e. The summed E-state index contributed by atoms with van der Waals surface area (Å²) in [6.07, 6.45) is 33.4. The molecule has 0 aromatic heterocycles. The Labute approximate surface area is 371 Å². The van der Waals surface area contributed by atoms with E-state index in [2.05, 4.69) is 20.8 Å². The van der Waals surface area contributed by atoms with E-state index in [9.17, 15) is 10.2 Å². The van der Waals surface area contributed by atoms with Gasteiger partial charge in [-0.1, -0.05) is 194 Å². The Balaban J connectivity index is 2.49. The molecule has 1 saturated heterocycles. The smallest absolute Gasteiger partial charge is 0.184 e. The van der Waals surface area contributed by atoms with Crippen molar-refractivity contribution in [3.63, 3.8) is 0 Å². The first-order chi connectivity index (χ1) is 29.3. The van der Waals surface area contributed by atoms with E-state index in [0.717, 1.165) is 25.9 Å². The summed E-state index contributed by atoms with van der Waals surface area (Å²) < 4.78 is 42.6. The van der Waals surface area contributed by atoms with Gasteiger partial charge in [-0.3, -0.25) is 0 Å². The Bertz CT molecular complexity index is 864. The molecule has 1 aliphatic heterocycles. The highest BCUT2D eigenvalue weighted by molar-refractivity contribution is 4.91. The molecule has 0 saturated carbocycles. The summed E-state index contributed by atoms with van der Waals surface area (Å²) in [4.78, 5) is 0. The predicted molar refractivity (Wildman–Crippen MR) is 249 cm³/mol. The lowest BCUT2D eigenvalue weighted by atomic mass is 9.98. The molecule has 9 heteroatoms. The molecule has 0 radical (unpaired) electrons. The lowest BCUT2D eigenvalue weighted by molar-refractivity contribution is -0.310. The van der Waals surface area contributed by atoms with Crippen molar-refractivity contribution in [3.8, 4) is 0 Å². The third-order valence-electron chi connectivity index (χ3n) is 12.0. The predicted octanol–water partition coefficient (Wildman–Crippen LogP) is 12.8. The second-order valence-corrected chi connectivity index (χ2v) is 18.3. The number of aliphatic hydroxyl groups is 2. The lowest BCUT2D eigenvalue weighted by Crippen LogP contribution is -2.61. The lowest BCUT2D eigenvalue weighted by Gasteiger charge is -2.43. The maximum atomic E-state index is 11.5. The van der Waals surface area contributed by atoms with Gasteiger partial charge in [0.05, 0.1) is 44.7 Å². The van der Waals surface area contributed by atoms with Crippen molar-refractivity contribution in [2.45, 2.75) is 283 Å². The normalized spacial score (nSPS) is 21.1. The number of rotatable bonds is 46. The summed E-state index contributed by atoms with van der Waals surface area (Å²) in [7, 11) is 0. The molecule has 1 aliphatic rings. The van der Waals surface area contributed by atoms with Crippen LogP contribution in [0.4, 0.5) is 0 Å². The van der Waals surface area contributed by atoms with Crippen LogP contribution in [0.1, 0.15) is 234 Å². The molecule has 360 valence electrons. The molecule has 0 aromatic carbocycles. The molecule has 60 heavy (non-hydrogen) atoms. The highest BCUT2D eigenvalue weighted by Crippen LogP contribution is 2.26. The highest BCUT2D eigenvalue weighted by Gasteiger charge is 2.46. The molecule has 0 aliphatic carbocycles. The summed E-state index contributed by atoms with van der Waals surface area (Å²) in [6.45, 7) is 15.9. The number of hydrogen-bond acceptors (Lipinski definition) is 9. The summed E-state index contributed by atoms with van der Waals surface area (Å²) >= 11 is 0. The fraction of sp³-hybridized carbons (Fsp3) is 1.00. The minimum absolute atomic E-state index is 0.0762. The van der Waals surface area contributed by atoms with E-state index in [-0.39, 0.29) is 38.1 Å². The molecule has 3 unspecified atom stereocenters. The van der Waals surface area contributed by atoms with Crippen molar-refractivity contribution in [1.29, 1.82) is 0 Å². The molecule has 8 atom stereocenters. The monoisotopic (exact) mass is 859 g/mol. The molecular formula is C51H102O9. The summed E-state index contributed by atoms with van der Waals surface area (Å²) in [5, 5.41) is 22.7. The molecule has 1 fully saturated rings. The molecule has 0 aromatic rings. The Kier molecular flexibility index (Phi) is 40.9. The van der Waals surface area contributed by atoms with Gasteiger partial charge in [-0.05, 0) is 40.0 Å². The minimum atomic E-state index is -1.28. The van der Waals surface area contributed by atoms with Crippen LogP contribution in [0.5, 0.6) is 0 Å². The Hall–Kier alpha value is -0.360. The fourth-order valence-electron chi connectivity index (χ4n) is 8.02. The maximum absolute atomic E-state index is 11.5. The second kappa shape index (κ2) is 42.6. The molecule has 0 amide bonds. The van der Waals surface area contributed by atoms with Gasteiger partial charge in [-0.25, -0.2) is 0 Å². The molecule has 1 rings (SSSR count). The van der Waals surface area contributed by atoms with Crippen LogP contribution >= 0.6 is 0 Å². The van der Waals surface area contributed by atoms with Crippen molar-refractivity contribution in [2.24, 2.45) is 0 Å². The van der Waals surface area contributed by atoms with Crippen molar-refractivity contribution in [1.82, 2.24) is 0 Å². The van der Waals surface area contributed by atoms with Crippen molar-refractivity contribution in [2.75, 3.05) is 46.2 Å². The van der Waals surface area contributed by atoms with Crippen LogP contribution in [-0.4, -0.2) is 105 Å². The summed E-state index contributed by atoms with van der Waals surface area (Å²) in [5.41, 5.74) is 0. The summed E-state index contributed by atoms with van der Waals surface area (Å²) in [6, 6.07) is 0. The van der Waals surface area contributed by atoms with E-state index >= 15 is 0 Å². The average molecular weight is 859 g/mol. The zero-order chi connectivity index (χ0) is 43.7. The third kappa shape index (κ3) is 33.2. The van der Waals surface area contributed by atoms with Gasteiger partial charge >= 0.3 is 0 Å². The number of ether oxygens (including phenoxy) is 7. The van der Waals surface area contributed by atoms with Crippen LogP contribution in [0.15, 0.2) is 0 Å². The van der Waals surface area contributed by atoms with Gasteiger partial charge in [0.25, 0.3) is 0 Å². The number of hydrogen-bond donors (Lipinski definition) is 2. The summed E-state index contributed by atoms with van der Waals surface area (Å²) in [5.74, 6) is 0. The van der Waals surface area contributed by atoms with Crippen molar-refractivity contribution < 1.29 is 43.4 Å². The van der Waals surface area contributed by atoms with E-state index in [4.69, 9.17) is 33.2 Å². The van der Waals surface area contributed by atoms with Gasteiger partial charge in [-0.2, -0.15) is 0 Å². The van der Waals surface area contributed by atoms with E-state index in [1.54, 1.807) is 0 Å². The van der Waals surface area contributed by atoms with Gasteiger partial charge in [-0.15, -0.1) is 0 Å². The first-order valence-corrected chi connectivity index (χ1v) is 26.0. The van der Waals surface area contributed by atoms with E-state index in [0.29, 0.717) is 19.8 Å². The van der Waals surface area contributed by atoms with Crippen LogP contribution < -0.4 is 0 Å². The zero-order valence-electron chi connectivity index (χ0n) is 40.5. The maximum Gasteiger partial charge on any atom is 0.184 e. The molecule has 1 heterocycles. The average Bonchev–Trinajstić information content (AvgIpc) is 3.24. The minimum Gasteiger partial charge on any atom is -0.387 e. The van der Waals surface area contributed by atoms with E-state index in [1.165, 1.54) is 173 Å². The highest BCUT2D eigenvalue weighted by atomic mass is 16.7. The number of aliphatic hydroxyl groups excluding tert-OH is 2. The van der Waals surface area contributed by atoms with Crippen molar-refractivity contribution in [3.05, 3.63) is 0 Å².